The molecule has 0 radical (unpaired) electrons. The summed E-state index contributed by atoms with van der Waals surface area (Å²) in [5.41, 5.74) is 2.71. The van der Waals surface area contributed by atoms with Gasteiger partial charge in [-0.05, 0) is 48.2 Å². The fourth-order valence-corrected chi connectivity index (χ4v) is 2.22. The van der Waals surface area contributed by atoms with Crippen molar-refractivity contribution in [1.29, 1.82) is 0 Å². The Bertz CT molecular complexity index is 695. The first-order valence-corrected chi connectivity index (χ1v) is 7.89. The minimum Gasteiger partial charge on any atom is -0.484 e. The minimum absolute atomic E-state index is 0.0638. The molecule has 2 aromatic rings. The summed E-state index contributed by atoms with van der Waals surface area (Å²) in [6, 6.07) is 14.8. The van der Waals surface area contributed by atoms with E-state index in [0.717, 1.165) is 12.0 Å². The first kappa shape index (κ1) is 17.5. The number of anilines is 1. The van der Waals surface area contributed by atoms with Crippen LogP contribution in [0.2, 0.25) is 0 Å². The van der Waals surface area contributed by atoms with Gasteiger partial charge in [0, 0.05) is 12.1 Å². The van der Waals surface area contributed by atoms with Gasteiger partial charge in [0.15, 0.2) is 6.61 Å². The van der Waals surface area contributed by atoms with E-state index in [4.69, 9.17) is 9.84 Å². The van der Waals surface area contributed by atoms with Crippen LogP contribution < -0.4 is 10.1 Å². The lowest BCUT2D eigenvalue weighted by atomic mass is 10.1. The first-order valence-electron chi connectivity index (χ1n) is 7.89. The zero-order valence-corrected chi connectivity index (χ0v) is 13.6. The number of aliphatic carboxylic acids is 1. The van der Waals surface area contributed by atoms with Crippen LogP contribution in [0.15, 0.2) is 48.5 Å². The highest BCUT2D eigenvalue weighted by atomic mass is 16.5. The molecule has 0 fully saturated rings. The number of carbonyl (C=O) groups excluding carboxylic acids is 1. The molecule has 2 rings (SSSR count). The molecule has 5 heteroatoms. The van der Waals surface area contributed by atoms with E-state index in [1.807, 2.05) is 30.3 Å². The van der Waals surface area contributed by atoms with E-state index in [-0.39, 0.29) is 18.9 Å². The number of rotatable bonds is 8. The molecule has 1 amide bonds. The highest BCUT2D eigenvalue weighted by Crippen LogP contribution is 2.14. The van der Waals surface area contributed by atoms with Crippen molar-refractivity contribution in [2.45, 2.75) is 26.2 Å². The molecule has 0 bridgehead atoms. The Hall–Kier alpha value is -2.82. The molecule has 0 aliphatic rings. The number of benzene rings is 2. The summed E-state index contributed by atoms with van der Waals surface area (Å²) in [6.45, 7) is 2.00. The van der Waals surface area contributed by atoms with Gasteiger partial charge < -0.3 is 15.2 Å². The number of carbonyl (C=O) groups is 2. The molecular weight excluding hydrogens is 306 g/mol. The fraction of sp³-hybridized carbons (Fsp3) is 0.263. The molecule has 0 saturated carbocycles. The maximum absolute atomic E-state index is 12.0. The molecule has 0 aromatic heterocycles. The number of carboxylic acid groups (broad SMARTS) is 1. The third kappa shape index (κ3) is 5.76. The van der Waals surface area contributed by atoms with Crippen molar-refractivity contribution >= 4 is 17.6 Å². The summed E-state index contributed by atoms with van der Waals surface area (Å²) < 4.78 is 5.46. The summed E-state index contributed by atoms with van der Waals surface area (Å²) in [4.78, 5) is 22.6. The Morgan fingerprint density at radius 3 is 2.50 bits per heavy atom. The van der Waals surface area contributed by atoms with Gasteiger partial charge in [-0.2, -0.15) is 0 Å². The van der Waals surface area contributed by atoms with Crippen LogP contribution in [0.4, 0.5) is 5.69 Å². The minimum atomic E-state index is -0.841. The average Bonchev–Trinajstić information content (AvgIpc) is 2.59. The van der Waals surface area contributed by atoms with Gasteiger partial charge in [0.05, 0.1) is 0 Å². The predicted molar refractivity (Wildman–Crippen MR) is 92.3 cm³/mol. The first-order chi connectivity index (χ1) is 11.6. The molecule has 24 heavy (non-hydrogen) atoms. The molecule has 0 spiro atoms. The molecule has 0 saturated heterocycles. The van der Waals surface area contributed by atoms with Crippen molar-refractivity contribution < 1.29 is 19.4 Å². The number of hydrogen-bond acceptors (Lipinski definition) is 3. The van der Waals surface area contributed by atoms with Crippen molar-refractivity contribution in [3.8, 4) is 5.75 Å². The number of aryl methyl sites for hydroxylation is 2. The molecule has 2 aromatic carbocycles. The van der Waals surface area contributed by atoms with Gasteiger partial charge in [-0.1, -0.05) is 31.2 Å². The summed E-state index contributed by atoms with van der Waals surface area (Å²) in [5.74, 6) is -0.450. The van der Waals surface area contributed by atoms with E-state index >= 15 is 0 Å². The van der Waals surface area contributed by atoms with Crippen molar-refractivity contribution in [3.05, 3.63) is 59.7 Å². The third-order valence-electron chi connectivity index (χ3n) is 3.54. The zero-order valence-electron chi connectivity index (χ0n) is 13.6. The fourth-order valence-electron chi connectivity index (χ4n) is 2.22. The lowest BCUT2D eigenvalue weighted by Gasteiger charge is -2.09. The highest BCUT2D eigenvalue weighted by molar-refractivity contribution is 5.91. The van der Waals surface area contributed by atoms with Crippen molar-refractivity contribution in [2.24, 2.45) is 0 Å². The normalized spacial score (nSPS) is 10.2. The van der Waals surface area contributed by atoms with Gasteiger partial charge in [0.25, 0.3) is 5.91 Å². The largest absolute Gasteiger partial charge is 0.484 e. The van der Waals surface area contributed by atoms with Crippen molar-refractivity contribution in [1.82, 2.24) is 0 Å². The van der Waals surface area contributed by atoms with E-state index in [1.165, 1.54) is 5.56 Å². The van der Waals surface area contributed by atoms with Crippen LogP contribution in [0.25, 0.3) is 0 Å². The Kier molecular flexibility index (Phi) is 6.37. The van der Waals surface area contributed by atoms with Gasteiger partial charge >= 0.3 is 5.97 Å². The number of hydrogen-bond donors (Lipinski definition) is 2. The Labute approximate surface area is 141 Å². The summed E-state index contributed by atoms with van der Waals surface area (Å²) in [5, 5.41) is 11.5. The lowest BCUT2D eigenvalue weighted by molar-refractivity contribution is -0.137. The molecule has 0 aliphatic carbocycles. The van der Waals surface area contributed by atoms with Gasteiger partial charge in [0.1, 0.15) is 5.75 Å². The standard InChI is InChI=1S/C19H21NO4/c1-2-14-6-9-17(10-7-14)24-13-18(21)20-16-5-3-4-15(12-16)8-11-19(22)23/h3-7,9-10,12H,2,8,11,13H2,1H3,(H,20,21)(H,22,23). The smallest absolute Gasteiger partial charge is 0.303 e. The van der Waals surface area contributed by atoms with E-state index in [9.17, 15) is 9.59 Å². The predicted octanol–water partition coefficient (Wildman–Crippen LogP) is 3.28. The van der Waals surface area contributed by atoms with Crippen LogP contribution >= 0.6 is 0 Å². The maximum Gasteiger partial charge on any atom is 0.303 e. The van der Waals surface area contributed by atoms with Crippen molar-refractivity contribution in [2.75, 3.05) is 11.9 Å². The second-order valence-corrected chi connectivity index (χ2v) is 5.43. The third-order valence-corrected chi connectivity index (χ3v) is 3.54. The quantitative estimate of drug-likeness (QED) is 0.780. The van der Waals surface area contributed by atoms with Crippen LogP contribution in [0.5, 0.6) is 5.75 Å². The van der Waals surface area contributed by atoms with Crippen LogP contribution in [-0.4, -0.2) is 23.6 Å². The van der Waals surface area contributed by atoms with E-state index < -0.39 is 5.97 Å². The van der Waals surface area contributed by atoms with E-state index in [0.29, 0.717) is 17.9 Å². The Morgan fingerprint density at radius 1 is 1.08 bits per heavy atom. The van der Waals surface area contributed by atoms with Crippen LogP contribution in [0.3, 0.4) is 0 Å². The average molecular weight is 327 g/mol. The van der Waals surface area contributed by atoms with Gasteiger partial charge in [-0.3, -0.25) is 9.59 Å². The molecule has 0 aliphatic heterocycles. The molecule has 0 atom stereocenters. The second kappa shape index (κ2) is 8.72. The molecule has 5 nitrogen and oxygen atoms in total. The summed E-state index contributed by atoms with van der Waals surface area (Å²) >= 11 is 0. The number of amides is 1. The summed E-state index contributed by atoms with van der Waals surface area (Å²) in [6.07, 6.45) is 1.45. The molecule has 126 valence electrons. The molecule has 0 heterocycles. The van der Waals surface area contributed by atoms with Crippen LogP contribution in [0.1, 0.15) is 24.5 Å². The molecular formula is C19H21NO4. The topological polar surface area (TPSA) is 75.6 Å². The maximum atomic E-state index is 12.0. The Morgan fingerprint density at radius 2 is 1.83 bits per heavy atom. The lowest BCUT2D eigenvalue weighted by Crippen LogP contribution is -2.20. The van der Waals surface area contributed by atoms with Gasteiger partial charge in [-0.25, -0.2) is 0 Å². The molecule has 0 unspecified atom stereocenters. The van der Waals surface area contributed by atoms with Crippen molar-refractivity contribution in [3.63, 3.8) is 0 Å². The number of carboxylic acids is 1. The molecule has 2 N–H and O–H groups in total. The van der Waals surface area contributed by atoms with E-state index in [1.54, 1.807) is 18.2 Å². The van der Waals surface area contributed by atoms with Gasteiger partial charge in [-0.15, -0.1) is 0 Å². The van der Waals surface area contributed by atoms with Crippen LogP contribution in [-0.2, 0) is 22.4 Å². The summed E-state index contributed by atoms with van der Waals surface area (Å²) in [7, 11) is 0. The van der Waals surface area contributed by atoms with Crippen LogP contribution in [0, 0.1) is 0 Å². The van der Waals surface area contributed by atoms with Gasteiger partial charge in [0.2, 0.25) is 0 Å². The zero-order chi connectivity index (χ0) is 17.4. The SMILES string of the molecule is CCc1ccc(OCC(=O)Nc2cccc(CCC(=O)O)c2)cc1. The number of nitrogens with one attached hydrogen (secondary N) is 1. The Balaban J connectivity index is 1.85. The second-order valence-electron chi connectivity index (χ2n) is 5.43. The highest BCUT2D eigenvalue weighted by Gasteiger charge is 2.05. The number of ether oxygens (including phenoxy) is 1. The monoisotopic (exact) mass is 327 g/mol. The van der Waals surface area contributed by atoms with E-state index in [2.05, 4.69) is 12.2 Å².